The SMILES string of the molecule is CC1=C(C(=O)Nc2ccccc2)C(c2ccccn2)n2nc(-c3cccc([N+](=O)[O-])c3)nc2N1. The lowest BCUT2D eigenvalue weighted by molar-refractivity contribution is -0.384. The number of hydrogen-bond donors (Lipinski definition) is 2. The number of nitrogens with zero attached hydrogens (tertiary/aromatic N) is 5. The van der Waals surface area contributed by atoms with Crippen LogP contribution in [0.15, 0.2) is 90.3 Å². The number of carbonyl (C=O) groups is 1. The molecule has 0 aliphatic carbocycles. The van der Waals surface area contributed by atoms with Crippen LogP contribution in [0.3, 0.4) is 0 Å². The first-order valence-electron chi connectivity index (χ1n) is 10.5. The molecule has 1 aliphatic rings. The van der Waals surface area contributed by atoms with Crippen LogP contribution >= 0.6 is 0 Å². The number of aromatic nitrogens is 4. The second-order valence-electron chi connectivity index (χ2n) is 7.65. The van der Waals surface area contributed by atoms with Gasteiger partial charge in [-0.25, -0.2) is 4.68 Å². The normalized spacial score (nSPS) is 14.8. The zero-order valence-electron chi connectivity index (χ0n) is 18.0. The fraction of sp³-hybridized carbons (Fsp3) is 0.0833. The topological polar surface area (TPSA) is 128 Å². The highest BCUT2D eigenvalue weighted by molar-refractivity contribution is 6.05. The number of benzene rings is 2. The van der Waals surface area contributed by atoms with Crippen molar-refractivity contribution < 1.29 is 9.72 Å². The average Bonchev–Trinajstić information content (AvgIpc) is 3.28. The van der Waals surface area contributed by atoms with Crippen LogP contribution in [-0.2, 0) is 4.79 Å². The largest absolute Gasteiger partial charge is 0.328 e. The Kier molecular flexibility index (Phi) is 5.30. The van der Waals surface area contributed by atoms with Gasteiger partial charge in [-0.15, -0.1) is 5.10 Å². The van der Waals surface area contributed by atoms with Crippen LogP contribution in [0.4, 0.5) is 17.3 Å². The molecule has 2 N–H and O–H groups in total. The summed E-state index contributed by atoms with van der Waals surface area (Å²) in [5.74, 6) is 0.403. The molecule has 10 heteroatoms. The number of non-ortho nitro benzene ring substituents is 1. The summed E-state index contributed by atoms with van der Waals surface area (Å²) in [4.78, 5) is 33.2. The molecule has 0 radical (unpaired) electrons. The maximum atomic E-state index is 13.4. The minimum atomic E-state index is -0.652. The number of carbonyl (C=O) groups excluding carboxylic acids is 1. The van der Waals surface area contributed by atoms with Crippen molar-refractivity contribution >= 4 is 23.2 Å². The molecule has 0 bridgehead atoms. The van der Waals surface area contributed by atoms with E-state index in [0.717, 1.165) is 0 Å². The third-order valence-electron chi connectivity index (χ3n) is 5.41. The van der Waals surface area contributed by atoms with E-state index in [9.17, 15) is 14.9 Å². The Morgan fingerprint density at radius 1 is 1.09 bits per heavy atom. The molecule has 4 aromatic rings. The Bertz CT molecular complexity index is 1420. The first-order valence-corrected chi connectivity index (χ1v) is 10.5. The first-order chi connectivity index (χ1) is 16.5. The Morgan fingerprint density at radius 3 is 2.62 bits per heavy atom. The molecule has 2 aromatic carbocycles. The number of nitro groups is 1. The maximum absolute atomic E-state index is 13.4. The van der Waals surface area contributed by atoms with E-state index in [2.05, 4.69) is 25.7 Å². The van der Waals surface area contributed by atoms with Crippen LogP contribution in [0.2, 0.25) is 0 Å². The monoisotopic (exact) mass is 453 g/mol. The van der Waals surface area contributed by atoms with Crippen LogP contribution in [-0.4, -0.2) is 30.6 Å². The van der Waals surface area contributed by atoms with E-state index in [0.29, 0.717) is 40.0 Å². The van der Waals surface area contributed by atoms with E-state index in [1.54, 1.807) is 48.1 Å². The van der Waals surface area contributed by atoms with Crippen LogP contribution in [0.1, 0.15) is 18.7 Å². The highest BCUT2D eigenvalue weighted by Crippen LogP contribution is 2.36. The third-order valence-corrected chi connectivity index (χ3v) is 5.41. The number of fused-ring (bicyclic) bond motifs is 1. The van der Waals surface area contributed by atoms with Crippen LogP contribution in [0, 0.1) is 10.1 Å². The van der Waals surface area contributed by atoms with Gasteiger partial charge in [-0.1, -0.05) is 36.4 Å². The van der Waals surface area contributed by atoms with Gasteiger partial charge < -0.3 is 10.6 Å². The van der Waals surface area contributed by atoms with Crippen molar-refractivity contribution in [2.45, 2.75) is 13.0 Å². The minimum Gasteiger partial charge on any atom is -0.328 e. The summed E-state index contributed by atoms with van der Waals surface area (Å²) in [6, 6.07) is 20.1. The number of allylic oxidation sites excluding steroid dienone is 1. The maximum Gasteiger partial charge on any atom is 0.270 e. The molecule has 3 heterocycles. The lowest BCUT2D eigenvalue weighted by Crippen LogP contribution is -2.32. The van der Waals surface area contributed by atoms with Crippen molar-refractivity contribution in [3.05, 3.63) is 106 Å². The van der Waals surface area contributed by atoms with Gasteiger partial charge in [0.1, 0.15) is 6.04 Å². The number of hydrogen-bond acceptors (Lipinski definition) is 7. The summed E-state index contributed by atoms with van der Waals surface area (Å²) in [6.45, 7) is 1.79. The summed E-state index contributed by atoms with van der Waals surface area (Å²) in [5, 5.41) is 21.9. The van der Waals surface area contributed by atoms with Gasteiger partial charge in [0.15, 0.2) is 5.82 Å². The summed E-state index contributed by atoms with van der Waals surface area (Å²) < 4.78 is 1.59. The number of amides is 1. The molecule has 1 aliphatic heterocycles. The molecule has 5 rings (SSSR count). The number of para-hydroxylation sites is 1. The Morgan fingerprint density at radius 2 is 1.88 bits per heavy atom. The number of nitro benzene ring substituents is 1. The lowest BCUT2D eigenvalue weighted by atomic mass is 9.98. The first kappa shape index (κ1) is 21.0. The van der Waals surface area contributed by atoms with Crippen molar-refractivity contribution in [3.63, 3.8) is 0 Å². The van der Waals surface area contributed by atoms with E-state index < -0.39 is 11.0 Å². The van der Waals surface area contributed by atoms with Crippen LogP contribution in [0.25, 0.3) is 11.4 Å². The van der Waals surface area contributed by atoms with Gasteiger partial charge in [0, 0.05) is 35.3 Å². The van der Waals surface area contributed by atoms with Gasteiger partial charge in [-0.3, -0.25) is 19.9 Å². The van der Waals surface area contributed by atoms with Crippen molar-refractivity contribution in [3.8, 4) is 11.4 Å². The van der Waals surface area contributed by atoms with Gasteiger partial charge in [0.2, 0.25) is 5.95 Å². The van der Waals surface area contributed by atoms with Gasteiger partial charge in [-0.2, -0.15) is 4.98 Å². The van der Waals surface area contributed by atoms with E-state index in [4.69, 9.17) is 0 Å². The predicted octanol–water partition coefficient (Wildman–Crippen LogP) is 4.18. The van der Waals surface area contributed by atoms with E-state index in [1.165, 1.54) is 12.1 Å². The number of rotatable bonds is 5. The molecule has 1 unspecified atom stereocenters. The fourth-order valence-corrected chi connectivity index (χ4v) is 3.86. The highest BCUT2D eigenvalue weighted by atomic mass is 16.6. The van der Waals surface area contributed by atoms with Gasteiger partial charge >= 0.3 is 0 Å². The number of anilines is 2. The molecule has 0 spiro atoms. The summed E-state index contributed by atoms with van der Waals surface area (Å²) in [6.07, 6.45) is 1.65. The van der Waals surface area contributed by atoms with Crippen LogP contribution < -0.4 is 10.6 Å². The third kappa shape index (κ3) is 3.88. The van der Waals surface area contributed by atoms with Gasteiger partial charge in [0.25, 0.3) is 11.6 Å². The van der Waals surface area contributed by atoms with E-state index in [1.807, 2.05) is 30.3 Å². The molecule has 10 nitrogen and oxygen atoms in total. The number of nitrogens with one attached hydrogen (secondary N) is 2. The molecule has 1 atom stereocenters. The van der Waals surface area contributed by atoms with Crippen LogP contribution in [0.5, 0.6) is 0 Å². The van der Waals surface area contributed by atoms with E-state index >= 15 is 0 Å². The smallest absolute Gasteiger partial charge is 0.270 e. The average molecular weight is 453 g/mol. The molecule has 1 amide bonds. The Balaban J connectivity index is 1.59. The van der Waals surface area contributed by atoms with Crippen molar-refractivity contribution in [2.24, 2.45) is 0 Å². The van der Waals surface area contributed by atoms with Crippen molar-refractivity contribution in [1.29, 1.82) is 0 Å². The van der Waals surface area contributed by atoms with E-state index in [-0.39, 0.29) is 11.6 Å². The molecular formula is C24H19N7O3. The summed E-state index contributed by atoms with van der Waals surface area (Å²) >= 11 is 0. The van der Waals surface area contributed by atoms with Crippen molar-refractivity contribution in [1.82, 2.24) is 19.7 Å². The molecule has 34 heavy (non-hydrogen) atoms. The number of pyridine rings is 1. The Hall–Kier alpha value is -4.86. The summed E-state index contributed by atoms with van der Waals surface area (Å²) in [5.41, 5.74) is 2.75. The zero-order valence-corrected chi connectivity index (χ0v) is 18.0. The second-order valence-corrected chi connectivity index (χ2v) is 7.65. The molecule has 0 saturated heterocycles. The summed E-state index contributed by atoms with van der Waals surface area (Å²) in [7, 11) is 0. The fourth-order valence-electron chi connectivity index (χ4n) is 3.86. The zero-order chi connectivity index (χ0) is 23.7. The van der Waals surface area contributed by atoms with Gasteiger partial charge in [0.05, 0.1) is 16.2 Å². The predicted molar refractivity (Wildman–Crippen MR) is 126 cm³/mol. The van der Waals surface area contributed by atoms with Gasteiger partial charge in [-0.05, 0) is 31.2 Å². The quantitative estimate of drug-likeness (QED) is 0.343. The molecule has 168 valence electrons. The molecule has 0 saturated carbocycles. The minimum absolute atomic E-state index is 0.0586. The second kappa shape index (κ2) is 8.58. The molecule has 0 fully saturated rings. The Labute approximate surface area is 194 Å². The standard InChI is InChI=1S/C24H19N7O3/c1-15-20(23(32)27-17-9-3-2-4-10-17)21(19-12-5-6-13-25-19)30-24(26-15)28-22(29-30)16-8-7-11-18(14-16)31(33)34/h2-14,21H,1H3,(H,27,32)(H,26,28,29). The molecular weight excluding hydrogens is 434 g/mol. The van der Waals surface area contributed by atoms with Crippen molar-refractivity contribution in [2.75, 3.05) is 10.6 Å². The lowest BCUT2D eigenvalue weighted by Gasteiger charge is -2.28. The highest BCUT2D eigenvalue weighted by Gasteiger charge is 2.35. The molecule has 2 aromatic heterocycles.